The van der Waals surface area contributed by atoms with E-state index < -0.39 is 146 Å². The van der Waals surface area contributed by atoms with Gasteiger partial charge in [0.15, 0.2) is 5.96 Å². The molecule has 0 spiro atoms. The maximum atomic E-state index is 13.9. The zero-order valence-electron chi connectivity index (χ0n) is 36.2. The third kappa shape index (κ3) is 21.2. The molecule has 0 aliphatic heterocycles. The van der Waals surface area contributed by atoms with E-state index in [1.165, 1.54) is 12.5 Å². The number of aliphatic carboxylic acids is 4. The van der Waals surface area contributed by atoms with Gasteiger partial charge in [0.2, 0.25) is 41.4 Å². The van der Waals surface area contributed by atoms with Crippen LogP contribution < -0.4 is 54.0 Å². The Morgan fingerprint density at radius 1 is 0.632 bits per heavy atom. The minimum Gasteiger partial charge on any atom is -0.481 e. The first kappa shape index (κ1) is 55.9. The molecule has 1 aromatic carbocycles. The second-order valence-electron chi connectivity index (χ2n) is 14.8. The van der Waals surface area contributed by atoms with Gasteiger partial charge in [-0.3, -0.25) is 53.4 Å². The summed E-state index contributed by atoms with van der Waals surface area (Å²) in [6.45, 7) is -1.93. The van der Waals surface area contributed by atoms with Crippen LogP contribution in [0.4, 0.5) is 0 Å². The van der Waals surface area contributed by atoms with E-state index >= 15 is 0 Å². The summed E-state index contributed by atoms with van der Waals surface area (Å²) in [4.78, 5) is 145. The number of carbonyl (C=O) groups excluding carboxylic acids is 7. The van der Waals surface area contributed by atoms with E-state index in [1.54, 1.807) is 30.3 Å². The molecule has 0 saturated carbocycles. The number of aliphatic hydroxyl groups excluding tert-OH is 1. The molecule has 0 aliphatic rings. The number of imidazole rings is 1. The Morgan fingerprint density at radius 2 is 1.18 bits per heavy atom. The first-order valence-corrected chi connectivity index (χ1v) is 20.5. The van der Waals surface area contributed by atoms with Crippen LogP contribution in [0.2, 0.25) is 0 Å². The molecular formula is C39H55N13O16. The van der Waals surface area contributed by atoms with Crippen molar-refractivity contribution in [1.82, 2.24) is 52.5 Å². The molecule has 0 saturated heterocycles. The van der Waals surface area contributed by atoms with Crippen molar-refractivity contribution in [2.45, 2.75) is 93.7 Å². The van der Waals surface area contributed by atoms with Gasteiger partial charge in [0.05, 0.1) is 44.1 Å². The number of amides is 7. The number of rotatable bonds is 31. The van der Waals surface area contributed by atoms with Gasteiger partial charge in [0.1, 0.15) is 36.3 Å². The molecule has 1 heterocycles. The van der Waals surface area contributed by atoms with Gasteiger partial charge in [-0.2, -0.15) is 0 Å². The number of nitrogens with zero attached hydrogens (tertiary/aromatic N) is 1. The zero-order valence-corrected chi connectivity index (χ0v) is 36.2. The van der Waals surface area contributed by atoms with Gasteiger partial charge >= 0.3 is 23.9 Å². The van der Waals surface area contributed by atoms with Crippen molar-refractivity contribution in [3.05, 3.63) is 54.1 Å². The van der Waals surface area contributed by atoms with E-state index in [-0.39, 0.29) is 31.8 Å². The van der Waals surface area contributed by atoms with Crippen molar-refractivity contribution >= 4 is 71.2 Å². The van der Waals surface area contributed by atoms with Gasteiger partial charge in [0.25, 0.3) is 0 Å². The first-order chi connectivity index (χ1) is 32.1. The largest absolute Gasteiger partial charge is 0.481 e. The smallest absolute Gasteiger partial charge is 0.326 e. The number of carboxylic acid groups (broad SMARTS) is 4. The number of hydrogen-bond donors (Lipinski definition) is 17. The lowest BCUT2D eigenvalue weighted by Crippen LogP contribution is -2.60. The molecule has 0 fully saturated rings. The van der Waals surface area contributed by atoms with E-state index in [2.05, 4.69) is 36.6 Å². The molecule has 7 amide bonds. The molecule has 0 bridgehead atoms. The van der Waals surface area contributed by atoms with Crippen molar-refractivity contribution in [3.63, 3.8) is 0 Å². The predicted octanol–water partition coefficient (Wildman–Crippen LogP) is -6.30. The summed E-state index contributed by atoms with van der Waals surface area (Å²) in [6, 6.07) is -3.43. The van der Waals surface area contributed by atoms with Crippen LogP contribution in [0, 0.1) is 5.41 Å². The van der Waals surface area contributed by atoms with Crippen LogP contribution in [0.15, 0.2) is 42.9 Å². The maximum Gasteiger partial charge on any atom is 0.326 e. The van der Waals surface area contributed by atoms with Crippen LogP contribution in [-0.4, -0.2) is 169 Å². The van der Waals surface area contributed by atoms with Crippen LogP contribution in [-0.2, 0) is 65.6 Å². The highest BCUT2D eigenvalue weighted by atomic mass is 16.4. The number of nitrogens with one attached hydrogen (secondary N) is 10. The molecule has 2 aromatic rings. The average Bonchev–Trinajstić information content (AvgIpc) is 3.79. The average molecular weight is 962 g/mol. The fourth-order valence-electron chi connectivity index (χ4n) is 5.95. The lowest BCUT2D eigenvalue weighted by atomic mass is 10.0. The third-order valence-electron chi connectivity index (χ3n) is 9.40. The van der Waals surface area contributed by atoms with Crippen LogP contribution >= 0.6 is 0 Å². The Morgan fingerprint density at radius 3 is 1.74 bits per heavy atom. The standard InChI is InChI=1S/C39H55N13O16/c40-21(7-4-10-44-39(41)42)32(61)48-24(12-20-15-43-18-46-20)36(65)49-23(11-19-5-2-1-3-6-19)35(64)52-27(17-53)37(66)50-25(13-30(57)58)33(62)45-16-28(54)47-22(8-9-29(55)56)34(63)51-26(38(67)68)14-31(59)60/h1-3,5-6,15,18,21-27,53H,4,7-14,16-17,40H2,(H,43,46)(H,45,62)(H,47,54)(H,48,61)(H,49,65)(H,50,66)(H,51,63)(H,52,64)(H,55,56)(H,57,58)(H,59,60)(H,67,68)(H4,41,42,44)/t21-,22-,23-,24-,25-,26-,27-/m0/s1. The minimum atomic E-state index is -1.99. The lowest BCUT2D eigenvalue weighted by molar-refractivity contribution is -0.147. The molecule has 0 aliphatic carbocycles. The fourth-order valence-corrected chi connectivity index (χ4v) is 5.95. The van der Waals surface area contributed by atoms with Gasteiger partial charge in [0, 0.05) is 32.0 Å². The summed E-state index contributed by atoms with van der Waals surface area (Å²) in [6.07, 6.45) is -0.700. The topological polar surface area (TPSA) is 490 Å². The Balaban J connectivity index is 2.24. The third-order valence-corrected chi connectivity index (χ3v) is 9.40. The molecule has 29 heteroatoms. The lowest BCUT2D eigenvalue weighted by Gasteiger charge is -2.26. The number of benzene rings is 1. The van der Waals surface area contributed by atoms with Gasteiger partial charge < -0.3 is 84.5 Å². The second kappa shape index (κ2) is 28.6. The molecule has 19 N–H and O–H groups in total. The van der Waals surface area contributed by atoms with E-state index in [9.17, 15) is 68.1 Å². The van der Waals surface area contributed by atoms with Crippen LogP contribution in [0.3, 0.4) is 0 Å². The summed E-state index contributed by atoms with van der Waals surface area (Å²) in [5.41, 5.74) is 12.2. The zero-order chi connectivity index (χ0) is 50.9. The molecule has 0 unspecified atom stereocenters. The molecule has 2 rings (SSSR count). The minimum absolute atomic E-state index is 0.129. The molecule has 0 radical (unpaired) electrons. The predicted molar refractivity (Wildman–Crippen MR) is 230 cm³/mol. The first-order valence-electron chi connectivity index (χ1n) is 20.5. The molecule has 29 nitrogen and oxygen atoms in total. The summed E-state index contributed by atoms with van der Waals surface area (Å²) >= 11 is 0. The van der Waals surface area contributed by atoms with E-state index in [4.69, 9.17) is 27.1 Å². The SMILES string of the molecule is N=C(N)NCCC[C@H](N)C(=O)N[C@@H](Cc1c[nH]cn1)C(=O)N[C@@H](Cc1ccccc1)C(=O)N[C@@H](CO)C(=O)N[C@@H](CC(=O)O)C(=O)NCC(=O)N[C@@H](CCC(=O)O)C(=O)N[C@@H](CC(=O)O)C(=O)O. The Kier molecular flexibility index (Phi) is 23.6. The van der Waals surface area contributed by atoms with Gasteiger partial charge in [-0.1, -0.05) is 30.3 Å². The second-order valence-corrected chi connectivity index (χ2v) is 14.8. The van der Waals surface area contributed by atoms with Gasteiger partial charge in [-0.25, -0.2) is 9.78 Å². The van der Waals surface area contributed by atoms with Gasteiger partial charge in [-0.15, -0.1) is 0 Å². The van der Waals surface area contributed by atoms with Crippen LogP contribution in [0.25, 0.3) is 0 Å². The van der Waals surface area contributed by atoms with Crippen LogP contribution in [0.5, 0.6) is 0 Å². The number of aromatic nitrogens is 2. The fraction of sp³-hybridized carbons (Fsp3) is 0.462. The van der Waals surface area contributed by atoms with Crippen molar-refractivity contribution < 1.29 is 78.3 Å². The monoisotopic (exact) mass is 961 g/mol. The van der Waals surface area contributed by atoms with Crippen molar-refractivity contribution in [3.8, 4) is 0 Å². The number of guanidine groups is 1. The number of aromatic amines is 1. The Hall–Kier alpha value is -8.21. The van der Waals surface area contributed by atoms with Gasteiger partial charge in [-0.05, 0) is 24.8 Å². The number of hydrogen-bond acceptors (Lipinski definition) is 15. The molecular weight excluding hydrogens is 907 g/mol. The van der Waals surface area contributed by atoms with E-state index in [0.717, 1.165) is 0 Å². The van der Waals surface area contributed by atoms with Crippen molar-refractivity contribution in [2.24, 2.45) is 11.5 Å². The van der Waals surface area contributed by atoms with E-state index in [0.29, 0.717) is 17.7 Å². The molecule has 7 atom stereocenters. The quantitative estimate of drug-likeness (QED) is 0.0190. The molecule has 68 heavy (non-hydrogen) atoms. The highest BCUT2D eigenvalue weighted by molar-refractivity contribution is 5.98. The van der Waals surface area contributed by atoms with E-state index in [1.807, 2.05) is 16.0 Å². The highest BCUT2D eigenvalue weighted by Crippen LogP contribution is 2.08. The number of nitrogens with two attached hydrogens (primary N) is 2. The maximum absolute atomic E-state index is 13.9. The summed E-state index contributed by atoms with van der Waals surface area (Å²) in [5, 5.41) is 72.1. The van der Waals surface area contributed by atoms with Crippen molar-refractivity contribution in [2.75, 3.05) is 19.7 Å². The summed E-state index contributed by atoms with van der Waals surface area (Å²) in [7, 11) is 0. The Bertz CT molecular complexity index is 2110. The molecule has 1 aromatic heterocycles. The van der Waals surface area contributed by atoms with Crippen molar-refractivity contribution in [1.29, 1.82) is 5.41 Å². The molecule has 372 valence electrons. The number of carboxylic acids is 4. The highest BCUT2D eigenvalue weighted by Gasteiger charge is 2.34. The number of carbonyl (C=O) groups is 11. The Labute approximate surface area is 385 Å². The summed E-state index contributed by atoms with van der Waals surface area (Å²) in [5.74, 6) is -14.5. The number of aliphatic hydroxyl groups is 1. The number of H-pyrrole nitrogens is 1. The van der Waals surface area contributed by atoms with Crippen LogP contribution in [0.1, 0.15) is 49.8 Å². The summed E-state index contributed by atoms with van der Waals surface area (Å²) < 4.78 is 0. The normalized spacial score (nSPS) is 13.8.